The fourth-order valence-electron chi connectivity index (χ4n) is 4.20. The average molecular weight is 482 g/mol. The van der Waals surface area contributed by atoms with Crippen LogP contribution in [0.2, 0.25) is 5.15 Å². The zero-order valence-electron chi connectivity index (χ0n) is 19.6. The van der Waals surface area contributed by atoms with Crippen LogP contribution in [0.25, 0.3) is 0 Å². The molecule has 4 rings (SSSR count). The first-order valence-electron chi connectivity index (χ1n) is 11.2. The Morgan fingerprint density at radius 3 is 2.38 bits per heavy atom. The summed E-state index contributed by atoms with van der Waals surface area (Å²) in [6.45, 7) is 9.21. The lowest BCUT2D eigenvalue weighted by molar-refractivity contribution is 0.0619. The van der Waals surface area contributed by atoms with Crippen LogP contribution in [-0.4, -0.2) is 46.9 Å². The van der Waals surface area contributed by atoms with Crippen molar-refractivity contribution < 1.29 is 13.9 Å². The molecule has 0 spiro atoms. The standard InChI is InChI=1S/C26H28ClN3O4/c1-17-8-18(2)10-20(9-17)15-34-24-16-33-22(13-23(24)31)14-29-4-6-30(7-5-29)26(32)21-11-19(3)28-25(27)12-21/h8-13,16H,4-7,14-15H2,1-3H3. The predicted molar refractivity (Wildman–Crippen MR) is 130 cm³/mol. The molecule has 1 aliphatic heterocycles. The van der Waals surface area contributed by atoms with Crippen molar-refractivity contribution in [3.8, 4) is 5.75 Å². The molecule has 0 radical (unpaired) electrons. The number of aromatic nitrogens is 1. The van der Waals surface area contributed by atoms with E-state index in [1.165, 1.54) is 12.3 Å². The van der Waals surface area contributed by atoms with Gasteiger partial charge in [0.2, 0.25) is 11.2 Å². The molecule has 8 heteroatoms. The summed E-state index contributed by atoms with van der Waals surface area (Å²) in [5.41, 5.74) is 4.38. The summed E-state index contributed by atoms with van der Waals surface area (Å²) in [4.78, 5) is 33.4. The summed E-state index contributed by atoms with van der Waals surface area (Å²) in [6, 6.07) is 11.0. The number of benzene rings is 1. The Kier molecular flexibility index (Phi) is 7.34. The number of aryl methyl sites for hydroxylation is 3. The van der Waals surface area contributed by atoms with Gasteiger partial charge in [-0.25, -0.2) is 4.98 Å². The van der Waals surface area contributed by atoms with Gasteiger partial charge < -0.3 is 14.1 Å². The highest BCUT2D eigenvalue weighted by atomic mass is 35.5. The van der Waals surface area contributed by atoms with Gasteiger partial charge in [-0.2, -0.15) is 0 Å². The van der Waals surface area contributed by atoms with Gasteiger partial charge in [-0.1, -0.05) is 40.9 Å². The van der Waals surface area contributed by atoms with E-state index in [0.717, 1.165) is 16.7 Å². The van der Waals surface area contributed by atoms with Gasteiger partial charge in [0.05, 0.1) is 6.54 Å². The van der Waals surface area contributed by atoms with E-state index in [-0.39, 0.29) is 17.1 Å². The van der Waals surface area contributed by atoms with Crippen molar-refractivity contribution in [3.05, 3.63) is 91.7 Å². The topological polar surface area (TPSA) is 75.9 Å². The summed E-state index contributed by atoms with van der Waals surface area (Å²) in [5, 5.41) is 0.318. The first kappa shape index (κ1) is 24.0. The molecule has 1 saturated heterocycles. The van der Waals surface area contributed by atoms with E-state index in [1.807, 2.05) is 37.8 Å². The van der Waals surface area contributed by atoms with Crippen LogP contribution in [0.3, 0.4) is 0 Å². The van der Waals surface area contributed by atoms with Crippen LogP contribution in [0.5, 0.6) is 5.75 Å². The molecule has 0 bridgehead atoms. The normalized spacial score (nSPS) is 14.3. The fourth-order valence-corrected chi connectivity index (χ4v) is 4.45. The molecule has 0 aliphatic carbocycles. The van der Waals surface area contributed by atoms with E-state index in [4.69, 9.17) is 20.8 Å². The van der Waals surface area contributed by atoms with Crippen molar-refractivity contribution in [1.82, 2.24) is 14.8 Å². The minimum atomic E-state index is -0.204. The second kappa shape index (κ2) is 10.4. The Morgan fingerprint density at radius 1 is 1.03 bits per heavy atom. The van der Waals surface area contributed by atoms with Crippen LogP contribution in [0.4, 0.5) is 0 Å². The minimum Gasteiger partial charge on any atom is -0.482 e. The van der Waals surface area contributed by atoms with Crippen LogP contribution >= 0.6 is 11.6 Å². The largest absolute Gasteiger partial charge is 0.482 e. The van der Waals surface area contributed by atoms with Crippen LogP contribution in [0.1, 0.15) is 38.5 Å². The second-order valence-corrected chi connectivity index (χ2v) is 9.14. The fraction of sp³-hybridized carbons (Fsp3) is 0.346. The van der Waals surface area contributed by atoms with Crippen molar-refractivity contribution >= 4 is 17.5 Å². The number of carbonyl (C=O) groups is 1. The number of nitrogens with zero attached hydrogens (tertiary/aromatic N) is 3. The van der Waals surface area contributed by atoms with E-state index in [0.29, 0.717) is 61.5 Å². The predicted octanol–water partition coefficient (Wildman–Crippen LogP) is 4.15. The van der Waals surface area contributed by atoms with Crippen molar-refractivity contribution in [1.29, 1.82) is 0 Å². The Hall–Kier alpha value is -3.16. The lowest BCUT2D eigenvalue weighted by Crippen LogP contribution is -2.48. The Balaban J connectivity index is 1.31. The third kappa shape index (κ3) is 6.04. The average Bonchev–Trinajstić information content (AvgIpc) is 2.77. The van der Waals surface area contributed by atoms with Crippen LogP contribution in [0.15, 0.2) is 51.9 Å². The van der Waals surface area contributed by atoms with E-state index in [2.05, 4.69) is 16.0 Å². The van der Waals surface area contributed by atoms with E-state index in [1.54, 1.807) is 12.1 Å². The molecule has 1 aromatic carbocycles. The van der Waals surface area contributed by atoms with Crippen LogP contribution in [-0.2, 0) is 13.2 Å². The molecule has 0 atom stereocenters. The van der Waals surface area contributed by atoms with Gasteiger partial charge in [-0.3, -0.25) is 14.5 Å². The number of hydrogen-bond donors (Lipinski definition) is 0. The number of rotatable bonds is 6. The van der Waals surface area contributed by atoms with Crippen molar-refractivity contribution in [3.63, 3.8) is 0 Å². The number of carbonyl (C=O) groups excluding carboxylic acids is 1. The summed E-state index contributed by atoms with van der Waals surface area (Å²) in [6.07, 6.45) is 1.38. The SMILES string of the molecule is Cc1cc(C)cc(COc2coc(CN3CCN(C(=O)c4cc(C)nc(Cl)c4)CC3)cc2=O)c1. The number of piperazine rings is 1. The molecule has 0 unspecified atom stereocenters. The van der Waals surface area contributed by atoms with Gasteiger partial charge in [-0.05, 0) is 38.5 Å². The molecule has 2 aromatic heterocycles. The smallest absolute Gasteiger partial charge is 0.254 e. The van der Waals surface area contributed by atoms with Gasteiger partial charge >= 0.3 is 0 Å². The Labute approximate surface area is 203 Å². The van der Waals surface area contributed by atoms with Crippen molar-refractivity contribution in [2.75, 3.05) is 26.2 Å². The quantitative estimate of drug-likeness (QED) is 0.492. The van der Waals surface area contributed by atoms with E-state index in [9.17, 15) is 9.59 Å². The third-order valence-corrected chi connectivity index (χ3v) is 5.93. The lowest BCUT2D eigenvalue weighted by atomic mass is 10.1. The van der Waals surface area contributed by atoms with Gasteiger partial charge in [0.25, 0.3) is 5.91 Å². The molecule has 3 aromatic rings. The molecule has 0 saturated carbocycles. The highest BCUT2D eigenvalue weighted by Crippen LogP contribution is 2.16. The summed E-state index contributed by atoms with van der Waals surface area (Å²) >= 11 is 6.00. The maximum atomic E-state index is 12.8. The number of pyridine rings is 1. The molecule has 1 aliphatic rings. The number of ether oxygens (including phenoxy) is 1. The Bertz CT molecular complexity index is 1210. The summed E-state index contributed by atoms with van der Waals surface area (Å²) < 4.78 is 11.4. The highest BCUT2D eigenvalue weighted by Gasteiger charge is 2.23. The Morgan fingerprint density at radius 2 is 1.74 bits per heavy atom. The monoisotopic (exact) mass is 481 g/mol. The zero-order chi connectivity index (χ0) is 24.2. The number of halogens is 1. The van der Waals surface area contributed by atoms with Gasteiger partial charge in [-0.15, -0.1) is 0 Å². The summed E-state index contributed by atoms with van der Waals surface area (Å²) in [5.74, 6) is 0.716. The van der Waals surface area contributed by atoms with Crippen molar-refractivity contribution in [2.45, 2.75) is 33.9 Å². The molecular weight excluding hydrogens is 454 g/mol. The lowest BCUT2D eigenvalue weighted by Gasteiger charge is -2.34. The molecule has 3 heterocycles. The maximum Gasteiger partial charge on any atom is 0.254 e. The first-order chi connectivity index (χ1) is 16.3. The first-order valence-corrected chi connectivity index (χ1v) is 11.6. The second-order valence-electron chi connectivity index (χ2n) is 8.75. The molecule has 1 fully saturated rings. The van der Waals surface area contributed by atoms with E-state index < -0.39 is 0 Å². The number of hydrogen-bond acceptors (Lipinski definition) is 6. The van der Waals surface area contributed by atoms with Crippen LogP contribution in [0, 0.1) is 20.8 Å². The van der Waals surface area contributed by atoms with Crippen molar-refractivity contribution in [2.24, 2.45) is 0 Å². The maximum absolute atomic E-state index is 12.8. The molecule has 0 N–H and O–H groups in total. The molecule has 178 valence electrons. The van der Waals surface area contributed by atoms with Gasteiger partial charge in [0.15, 0.2) is 0 Å². The molecule has 34 heavy (non-hydrogen) atoms. The van der Waals surface area contributed by atoms with Gasteiger partial charge in [0.1, 0.15) is 23.8 Å². The molecular formula is C26H28ClN3O4. The molecule has 7 nitrogen and oxygen atoms in total. The number of amides is 1. The third-order valence-electron chi connectivity index (χ3n) is 5.74. The van der Waals surface area contributed by atoms with Crippen LogP contribution < -0.4 is 10.2 Å². The highest BCUT2D eigenvalue weighted by molar-refractivity contribution is 6.29. The molecule has 1 amide bonds. The summed E-state index contributed by atoms with van der Waals surface area (Å²) in [7, 11) is 0. The van der Waals surface area contributed by atoms with E-state index >= 15 is 0 Å². The zero-order valence-corrected chi connectivity index (χ0v) is 20.4. The van der Waals surface area contributed by atoms with Gasteiger partial charge in [0, 0.05) is 43.5 Å². The minimum absolute atomic E-state index is 0.0520.